The van der Waals surface area contributed by atoms with Crippen LogP contribution < -0.4 is 5.32 Å². The lowest BCUT2D eigenvalue weighted by Crippen LogP contribution is -2.60. The number of likely N-dealkylation sites (N-methyl/N-ethyl adjacent to an activating group) is 2. The normalized spacial score (nSPS) is 42.1. The number of cyclic esters (lactones) is 1. The van der Waals surface area contributed by atoms with E-state index in [-0.39, 0.29) is 49.3 Å². The summed E-state index contributed by atoms with van der Waals surface area (Å²) in [5, 5.41) is 49.9. The van der Waals surface area contributed by atoms with Gasteiger partial charge in [0.15, 0.2) is 12.6 Å². The number of esters is 1. The standard InChI is InChI=1S/C46H80N4O12/c1-14-35-46(10,56)40(52)31(7)50(13)25-26(2)23-45(9,55)41(29(5)38(30(6)43(54)60-35)61-36-21-27(3)37(51)32(8)59-36)62-44-39(34(49(11)12)22-28(4)58-44)57-20-16-19-48-42(53)33-17-15-18-47-24-33/h15,17-18,24,26-32,34-41,44,51-52,55-56H,14,16,19-23,25H2,1-13H3,(H,48,53). The van der Waals surface area contributed by atoms with Crippen LogP contribution in [0.2, 0.25) is 0 Å². The quantitative estimate of drug-likeness (QED) is 0.151. The summed E-state index contributed by atoms with van der Waals surface area (Å²) < 4.78 is 39.4. The Balaban J connectivity index is 1.73. The van der Waals surface area contributed by atoms with Crippen LogP contribution in [0.15, 0.2) is 24.5 Å². The number of aliphatic hydroxyl groups is 4. The highest BCUT2D eigenvalue weighted by molar-refractivity contribution is 5.93. The monoisotopic (exact) mass is 881 g/mol. The number of ether oxygens (including phenoxy) is 6. The maximum atomic E-state index is 14.4. The summed E-state index contributed by atoms with van der Waals surface area (Å²) in [6.07, 6.45) is -3.07. The van der Waals surface area contributed by atoms with Crippen LogP contribution in [0, 0.1) is 23.7 Å². The van der Waals surface area contributed by atoms with Gasteiger partial charge in [0.2, 0.25) is 0 Å². The number of aliphatic hydroxyl groups excluding tert-OH is 2. The Morgan fingerprint density at radius 1 is 1.03 bits per heavy atom. The highest BCUT2D eigenvalue weighted by atomic mass is 16.7. The van der Waals surface area contributed by atoms with Crippen molar-refractivity contribution in [1.82, 2.24) is 20.1 Å². The SMILES string of the molecule is CCC1OC(=O)C(C)C(OC2CC(C)C(O)C(C)O2)C(C)C(OC2OC(C)CC(N(C)C)C2OCCCNC(=O)c2cccnc2)C(C)(O)CC(C)CN(C)C(C)C(O)C1(C)O. The second kappa shape index (κ2) is 22.7. The maximum Gasteiger partial charge on any atom is 0.311 e. The topological polar surface area (TPSA) is 202 Å². The van der Waals surface area contributed by atoms with Crippen LogP contribution in [0.3, 0.4) is 0 Å². The molecule has 4 heterocycles. The molecule has 0 saturated carbocycles. The predicted octanol–water partition coefficient (Wildman–Crippen LogP) is 3.37. The Hall–Kier alpha value is -2.35. The summed E-state index contributed by atoms with van der Waals surface area (Å²) in [6, 6.07) is 2.73. The molecular formula is C46H80N4O12. The van der Waals surface area contributed by atoms with Crippen molar-refractivity contribution in [2.45, 2.75) is 186 Å². The smallest absolute Gasteiger partial charge is 0.311 e. The number of hydrogen-bond acceptors (Lipinski definition) is 15. The molecule has 62 heavy (non-hydrogen) atoms. The van der Waals surface area contributed by atoms with Gasteiger partial charge in [0.25, 0.3) is 5.91 Å². The molecule has 1 amide bonds. The van der Waals surface area contributed by atoms with E-state index in [0.29, 0.717) is 37.9 Å². The highest BCUT2D eigenvalue weighted by Crippen LogP contribution is 2.39. The van der Waals surface area contributed by atoms with Crippen LogP contribution in [0.5, 0.6) is 0 Å². The van der Waals surface area contributed by atoms with E-state index in [9.17, 15) is 30.0 Å². The van der Waals surface area contributed by atoms with E-state index in [2.05, 4.69) is 15.2 Å². The average Bonchev–Trinajstić information content (AvgIpc) is 3.21. The van der Waals surface area contributed by atoms with Gasteiger partial charge in [0, 0.05) is 56.5 Å². The lowest BCUT2D eigenvalue weighted by Gasteiger charge is -2.48. The zero-order chi connectivity index (χ0) is 46.3. The molecule has 0 bridgehead atoms. The van der Waals surface area contributed by atoms with Gasteiger partial charge in [-0.05, 0) is 112 Å². The first kappa shape index (κ1) is 52.3. The fourth-order valence-corrected chi connectivity index (χ4v) is 9.77. The lowest BCUT2D eigenvalue weighted by atomic mass is 9.77. The van der Waals surface area contributed by atoms with Crippen molar-refractivity contribution in [2.24, 2.45) is 23.7 Å². The molecule has 1 aromatic heterocycles. The van der Waals surface area contributed by atoms with Crippen LogP contribution in [0.25, 0.3) is 0 Å². The number of amides is 1. The average molecular weight is 881 g/mol. The van der Waals surface area contributed by atoms with Gasteiger partial charge in [-0.1, -0.05) is 27.7 Å². The van der Waals surface area contributed by atoms with Crippen molar-refractivity contribution in [3.05, 3.63) is 30.1 Å². The summed E-state index contributed by atoms with van der Waals surface area (Å²) in [7, 11) is 5.81. The molecule has 5 N–H and O–H groups in total. The minimum Gasteiger partial charge on any atom is -0.459 e. The van der Waals surface area contributed by atoms with Crippen LogP contribution >= 0.6 is 0 Å². The number of aromatic nitrogens is 1. The first-order valence-electron chi connectivity index (χ1n) is 22.8. The highest BCUT2D eigenvalue weighted by Gasteiger charge is 2.51. The third-order valence-corrected chi connectivity index (χ3v) is 13.5. The summed E-state index contributed by atoms with van der Waals surface area (Å²) in [5.41, 5.74) is -2.88. The van der Waals surface area contributed by atoms with Gasteiger partial charge >= 0.3 is 5.97 Å². The van der Waals surface area contributed by atoms with Gasteiger partial charge in [-0.2, -0.15) is 0 Å². The molecule has 18 atom stereocenters. The number of nitrogens with zero attached hydrogens (tertiary/aromatic N) is 3. The van der Waals surface area contributed by atoms with Gasteiger partial charge in [0.05, 0.1) is 47.6 Å². The van der Waals surface area contributed by atoms with E-state index < -0.39 is 90.4 Å². The summed E-state index contributed by atoms with van der Waals surface area (Å²) in [5.74, 6) is -2.89. The number of pyridine rings is 1. The van der Waals surface area contributed by atoms with Crippen LogP contribution in [0.4, 0.5) is 0 Å². The molecule has 3 aliphatic heterocycles. The van der Waals surface area contributed by atoms with E-state index in [4.69, 9.17) is 28.4 Å². The van der Waals surface area contributed by atoms with Crippen LogP contribution in [0.1, 0.15) is 112 Å². The molecular weight excluding hydrogens is 801 g/mol. The zero-order valence-corrected chi connectivity index (χ0v) is 39.6. The Bertz CT molecular complexity index is 1530. The third kappa shape index (κ3) is 13.1. The molecule has 0 radical (unpaired) electrons. The molecule has 18 unspecified atom stereocenters. The van der Waals surface area contributed by atoms with Gasteiger partial charge in [0.1, 0.15) is 23.9 Å². The van der Waals surface area contributed by atoms with Gasteiger partial charge in [-0.3, -0.25) is 14.6 Å². The lowest BCUT2D eigenvalue weighted by molar-refractivity contribution is -0.314. The Morgan fingerprint density at radius 3 is 2.34 bits per heavy atom. The molecule has 4 rings (SSSR count). The van der Waals surface area contributed by atoms with Gasteiger partial charge in [-0.15, -0.1) is 0 Å². The third-order valence-electron chi connectivity index (χ3n) is 13.5. The number of rotatable bonds is 12. The van der Waals surface area contributed by atoms with Gasteiger partial charge in [-0.25, -0.2) is 0 Å². The molecule has 16 heteroatoms. The van der Waals surface area contributed by atoms with Crippen molar-refractivity contribution < 1.29 is 58.4 Å². The van der Waals surface area contributed by atoms with E-state index in [1.54, 1.807) is 46.0 Å². The molecule has 16 nitrogen and oxygen atoms in total. The van der Waals surface area contributed by atoms with Crippen LogP contribution in [-0.4, -0.2) is 173 Å². The number of carbonyl (C=O) groups excluding carboxylic acids is 2. The summed E-state index contributed by atoms with van der Waals surface area (Å²) in [4.78, 5) is 35.1. The summed E-state index contributed by atoms with van der Waals surface area (Å²) in [6.45, 7) is 19.2. The van der Waals surface area contributed by atoms with E-state index in [0.717, 1.165) is 0 Å². The largest absolute Gasteiger partial charge is 0.459 e. The molecule has 0 aromatic carbocycles. The Morgan fingerprint density at radius 2 is 1.73 bits per heavy atom. The van der Waals surface area contributed by atoms with Crippen molar-refractivity contribution in [1.29, 1.82) is 0 Å². The number of carbonyl (C=O) groups is 2. The minimum absolute atomic E-state index is 0.138. The Labute approximate surface area is 370 Å². The fraction of sp³-hybridized carbons (Fsp3) is 0.848. The maximum absolute atomic E-state index is 14.4. The molecule has 3 fully saturated rings. The van der Waals surface area contributed by atoms with E-state index in [1.807, 2.05) is 60.7 Å². The molecule has 3 aliphatic rings. The molecule has 0 spiro atoms. The fourth-order valence-electron chi connectivity index (χ4n) is 9.77. The zero-order valence-electron chi connectivity index (χ0n) is 39.6. The predicted molar refractivity (Wildman–Crippen MR) is 233 cm³/mol. The van der Waals surface area contributed by atoms with E-state index in [1.165, 1.54) is 13.1 Å². The molecule has 3 saturated heterocycles. The second-order valence-corrected chi connectivity index (χ2v) is 19.4. The van der Waals surface area contributed by atoms with Crippen molar-refractivity contribution in [2.75, 3.05) is 40.8 Å². The number of nitrogens with one attached hydrogen (secondary N) is 1. The van der Waals surface area contributed by atoms with E-state index >= 15 is 0 Å². The first-order chi connectivity index (χ1) is 29.0. The second-order valence-electron chi connectivity index (χ2n) is 19.4. The Kier molecular flexibility index (Phi) is 19.1. The van der Waals surface area contributed by atoms with Crippen molar-refractivity contribution in [3.63, 3.8) is 0 Å². The molecule has 0 aliphatic carbocycles. The first-order valence-corrected chi connectivity index (χ1v) is 22.8. The number of hydrogen-bond donors (Lipinski definition) is 5. The van der Waals surface area contributed by atoms with Crippen LogP contribution in [-0.2, 0) is 33.2 Å². The summed E-state index contributed by atoms with van der Waals surface area (Å²) >= 11 is 0. The minimum atomic E-state index is -1.80. The molecule has 356 valence electrons. The molecule has 1 aromatic rings. The van der Waals surface area contributed by atoms with Crippen molar-refractivity contribution >= 4 is 11.9 Å². The van der Waals surface area contributed by atoms with Crippen molar-refractivity contribution in [3.8, 4) is 0 Å². The van der Waals surface area contributed by atoms with Gasteiger partial charge < -0.3 is 64.0 Å².